The number of aliphatic hydroxyl groups excluding tert-OH is 1. The summed E-state index contributed by atoms with van der Waals surface area (Å²) in [6.45, 7) is 0.483. The maximum Gasteiger partial charge on any atom is 0.397 e. The molecule has 0 atom stereocenters. The van der Waals surface area contributed by atoms with E-state index in [2.05, 4.69) is 0 Å². The number of amides is 1. The molecule has 7 heteroatoms. The Morgan fingerprint density at radius 2 is 2.07 bits per heavy atom. The summed E-state index contributed by atoms with van der Waals surface area (Å²) in [7, 11) is 0. The van der Waals surface area contributed by atoms with Crippen molar-refractivity contribution in [1.82, 2.24) is 4.90 Å². The van der Waals surface area contributed by atoms with Gasteiger partial charge < -0.3 is 10.0 Å². The predicted octanol–water partition coefficient (Wildman–Crippen LogP) is 0.485. The fraction of sp³-hybridized carbons (Fsp3) is 0.857. The van der Waals surface area contributed by atoms with Gasteiger partial charge in [0.2, 0.25) is 5.91 Å². The first-order valence-electron chi connectivity index (χ1n) is 3.99. The number of carbonyl (C=O) groups is 1. The zero-order chi connectivity index (χ0) is 10.8. The van der Waals surface area contributed by atoms with Crippen LogP contribution in [-0.2, 0) is 4.79 Å². The minimum atomic E-state index is -4.22. The van der Waals surface area contributed by atoms with E-state index in [9.17, 15) is 18.0 Å². The Balaban J connectivity index is 2.10. The first-order valence-corrected chi connectivity index (χ1v) is 5.14. The molecule has 1 N–H and O–H groups in total. The second-order valence-electron chi connectivity index (χ2n) is 3.06. The van der Waals surface area contributed by atoms with Crippen LogP contribution < -0.4 is 0 Å². The maximum absolute atomic E-state index is 11.7. The zero-order valence-corrected chi connectivity index (χ0v) is 8.07. The summed E-state index contributed by atoms with van der Waals surface area (Å²) in [6.07, 6.45) is -4.73. The van der Waals surface area contributed by atoms with Gasteiger partial charge in [-0.2, -0.15) is 13.2 Å². The van der Waals surface area contributed by atoms with Crippen molar-refractivity contribution in [3.8, 4) is 0 Å². The number of nitrogens with zero attached hydrogens (tertiary/aromatic N) is 1. The van der Waals surface area contributed by atoms with Crippen LogP contribution >= 0.6 is 11.8 Å². The molecule has 1 saturated heterocycles. The molecule has 0 aromatic rings. The molecular weight excluding hydrogens is 219 g/mol. The summed E-state index contributed by atoms with van der Waals surface area (Å²) >= 11 is 0.549. The molecule has 1 rings (SSSR count). The Labute approximate surface area is 83.3 Å². The highest BCUT2D eigenvalue weighted by molar-refractivity contribution is 8.00. The normalized spacial score (nSPS) is 18.1. The molecule has 1 aliphatic rings. The Hall–Kier alpha value is -0.430. The average Bonchev–Trinajstić information content (AvgIpc) is 1.96. The van der Waals surface area contributed by atoms with Gasteiger partial charge in [-0.3, -0.25) is 4.79 Å². The zero-order valence-electron chi connectivity index (χ0n) is 7.25. The van der Waals surface area contributed by atoms with Crippen LogP contribution in [-0.4, -0.2) is 52.8 Å². The first kappa shape index (κ1) is 11.6. The maximum atomic E-state index is 11.7. The quantitative estimate of drug-likeness (QED) is 0.765. The second-order valence-corrected chi connectivity index (χ2v) is 4.05. The van der Waals surface area contributed by atoms with E-state index in [1.807, 2.05) is 0 Å². The van der Waals surface area contributed by atoms with E-state index in [4.69, 9.17) is 5.11 Å². The van der Waals surface area contributed by atoms with Crippen LogP contribution in [0.4, 0.5) is 13.2 Å². The van der Waals surface area contributed by atoms with Crippen LogP contribution in [0, 0.1) is 0 Å². The van der Waals surface area contributed by atoms with Crippen LogP contribution in [0.25, 0.3) is 0 Å². The smallest absolute Gasteiger partial charge is 0.389 e. The summed E-state index contributed by atoms with van der Waals surface area (Å²) in [5.74, 6) is -1.52. The standard InChI is InChI=1S/C7H10F3NO2S/c8-7(9,10)4-14-3-6(13)11-1-5(12)2-11/h5,12H,1-4H2. The van der Waals surface area contributed by atoms with Crippen molar-refractivity contribution < 1.29 is 23.1 Å². The van der Waals surface area contributed by atoms with E-state index in [0.29, 0.717) is 11.8 Å². The Morgan fingerprint density at radius 3 is 2.50 bits per heavy atom. The molecule has 3 nitrogen and oxygen atoms in total. The number of hydrogen-bond donors (Lipinski definition) is 1. The third-order valence-corrected chi connectivity index (χ3v) is 2.69. The first-order chi connectivity index (χ1) is 6.38. The van der Waals surface area contributed by atoms with Gasteiger partial charge in [0.05, 0.1) is 17.6 Å². The van der Waals surface area contributed by atoms with E-state index < -0.39 is 18.0 Å². The fourth-order valence-electron chi connectivity index (χ4n) is 1.00. The molecule has 0 spiro atoms. The number of alkyl halides is 3. The van der Waals surface area contributed by atoms with E-state index in [1.165, 1.54) is 4.90 Å². The Morgan fingerprint density at radius 1 is 1.50 bits per heavy atom. The molecule has 0 unspecified atom stereocenters. The summed E-state index contributed by atoms with van der Waals surface area (Å²) in [4.78, 5) is 12.4. The number of halogens is 3. The molecule has 0 radical (unpaired) electrons. The minimum absolute atomic E-state index is 0.174. The molecule has 0 aromatic heterocycles. The molecule has 0 bridgehead atoms. The number of aliphatic hydroxyl groups is 1. The van der Waals surface area contributed by atoms with Gasteiger partial charge in [0, 0.05) is 13.1 Å². The average molecular weight is 229 g/mol. The molecule has 1 fully saturated rings. The number of rotatable bonds is 3. The highest BCUT2D eigenvalue weighted by Gasteiger charge is 2.31. The third kappa shape index (κ3) is 3.75. The van der Waals surface area contributed by atoms with Crippen molar-refractivity contribution >= 4 is 17.7 Å². The summed E-state index contributed by atoms with van der Waals surface area (Å²) < 4.78 is 35.0. The molecule has 0 aromatic carbocycles. The lowest BCUT2D eigenvalue weighted by atomic mass is 10.2. The molecule has 1 heterocycles. The van der Waals surface area contributed by atoms with Crippen LogP contribution in [0.15, 0.2) is 0 Å². The van der Waals surface area contributed by atoms with E-state index in [1.54, 1.807) is 0 Å². The van der Waals surface area contributed by atoms with Crippen molar-refractivity contribution in [2.45, 2.75) is 12.3 Å². The number of likely N-dealkylation sites (tertiary alicyclic amines) is 1. The van der Waals surface area contributed by atoms with Crippen molar-refractivity contribution in [3.05, 3.63) is 0 Å². The molecule has 82 valence electrons. The van der Waals surface area contributed by atoms with Crippen molar-refractivity contribution in [2.24, 2.45) is 0 Å². The van der Waals surface area contributed by atoms with E-state index >= 15 is 0 Å². The molecule has 0 aliphatic carbocycles. The summed E-state index contributed by atoms with van der Waals surface area (Å²) in [5, 5.41) is 8.84. The van der Waals surface area contributed by atoms with Crippen LogP contribution in [0.2, 0.25) is 0 Å². The Bertz CT molecular complexity index is 215. The van der Waals surface area contributed by atoms with Crippen molar-refractivity contribution in [2.75, 3.05) is 24.6 Å². The summed E-state index contributed by atoms with van der Waals surface area (Å²) in [6, 6.07) is 0. The number of thioether (sulfide) groups is 1. The molecule has 0 saturated carbocycles. The van der Waals surface area contributed by atoms with E-state index in [-0.39, 0.29) is 24.7 Å². The predicted molar refractivity (Wildman–Crippen MR) is 46.0 cm³/mol. The number of hydrogen-bond acceptors (Lipinski definition) is 3. The second kappa shape index (κ2) is 4.39. The number of carbonyl (C=O) groups excluding carboxylic acids is 1. The monoisotopic (exact) mass is 229 g/mol. The molecule has 1 aliphatic heterocycles. The van der Waals surface area contributed by atoms with Crippen molar-refractivity contribution in [1.29, 1.82) is 0 Å². The van der Waals surface area contributed by atoms with Gasteiger partial charge in [0.1, 0.15) is 0 Å². The Kier molecular flexibility index (Phi) is 3.65. The fourth-order valence-corrected chi connectivity index (χ4v) is 1.70. The molecule has 14 heavy (non-hydrogen) atoms. The SMILES string of the molecule is O=C(CSCC(F)(F)F)N1CC(O)C1. The van der Waals surface area contributed by atoms with E-state index in [0.717, 1.165) is 0 Å². The van der Waals surface area contributed by atoms with Gasteiger partial charge >= 0.3 is 6.18 Å². The molecule has 1 amide bonds. The number of β-amino-alcohol motifs (C(OH)–C–C–N with tert-alkyl or cyclic N) is 1. The third-order valence-electron chi connectivity index (χ3n) is 1.71. The van der Waals surface area contributed by atoms with Crippen molar-refractivity contribution in [3.63, 3.8) is 0 Å². The van der Waals surface area contributed by atoms with Crippen LogP contribution in [0.1, 0.15) is 0 Å². The van der Waals surface area contributed by atoms with Gasteiger partial charge in [-0.25, -0.2) is 0 Å². The van der Waals surface area contributed by atoms with Crippen LogP contribution in [0.5, 0.6) is 0 Å². The van der Waals surface area contributed by atoms with Gasteiger partial charge in [-0.05, 0) is 0 Å². The topological polar surface area (TPSA) is 40.5 Å². The lowest BCUT2D eigenvalue weighted by Gasteiger charge is -2.35. The highest BCUT2D eigenvalue weighted by Crippen LogP contribution is 2.21. The lowest BCUT2D eigenvalue weighted by molar-refractivity contribution is -0.138. The lowest BCUT2D eigenvalue weighted by Crippen LogP contribution is -2.54. The summed E-state index contributed by atoms with van der Waals surface area (Å²) in [5.41, 5.74) is 0. The van der Waals surface area contributed by atoms with Gasteiger partial charge in [-0.15, -0.1) is 11.8 Å². The van der Waals surface area contributed by atoms with Gasteiger partial charge in [0.25, 0.3) is 0 Å². The minimum Gasteiger partial charge on any atom is -0.389 e. The van der Waals surface area contributed by atoms with Crippen LogP contribution in [0.3, 0.4) is 0 Å². The highest BCUT2D eigenvalue weighted by atomic mass is 32.2. The van der Waals surface area contributed by atoms with Gasteiger partial charge in [-0.1, -0.05) is 0 Å². The largest absolute Gasteiger partial charge is 0.397 e. The molecular formula is C7H10F3NO2S. The van der Waals surface area contributed by atoms with Gasteiger partial charge in [0.15, 0.2) is 0 Å².